The van der Waals surface area contributed by atoms with E-state index in [2.05, 4.69) is 216 Å². The van der Waals surface area contributed by atoms with Crippen LogP contribution in [0.25, 0.3) is 82.8 Å². The number of rotatable bonds is 7. The summed E-state index contributed by atoms with van der Waals surface area (Å²) in [4.78, 5) is 2.32. The Kier molecular flexibility index (Phi) is 7.82. The highest BCUT2D eigenvalue weighted by molar-refractivity contribution is 6.11. The Bertz CT molecular complexity index is 3160. The molecule has 3 heteroatoms. The molecular weight excluding hydrogens is 693 g/mol. The SMILES string of the molecule is c1ccc(-c2ccc(-c3ccc(N(c4ccc(-c5ccccc5-n5c6ccccc6c6ccccc65)cc4)c4cccc5c4oc4ccccc45)cc3)cc2)cc1. The zero-order valence-corrected chi connectivity index (χ0v) is 31.1. The van der Waals surface area contributed by atoms with E-state index < -0.39 is 0 Å². The summed E-state index contributed by atoms with van der Waals surface area (Å²) in [6, 6.07) is 78.0. The summed E-state index contributed by atoms with van der Waals surface area (Å²) in [7, 11) is 0. The lowest BCUT2D eigenvalue weighted by atomic mass is 10.00. The molecule has 9 aromatic carbocycles. The molecule has 0 radical (unpaired) electrons. The van der Waals surface area contributed by atoms with Gasteiger partial charge in [0, 0.05) is 38.5 Å². The highest BCUT2D eigenvalue weighted by Crippen LogP contribution is 2.43. The van der Waals surface area contributed by atoms with Crippen LogP contribution in [0.4, 0.5) is 17.1 Å². The van der Waals surface area contributed by atoms with Crippen molar-refractivity contribution in [1.29, 1.82) is 0 Å². The first-order chi connectivity index (χ1) is 28.3. The van der Waals surface area contributed by atoms with Crippen LogP contribution in [-0.2, 0) is 0 Å². The van der Waals surface area contributed by atoms with E-state index in [0.717, 1.165) is 55.8 Å². The van der Waals surface area contributed by atoms with E-state index in [1.54, 1.807) is 0 Å². The van der Waals surface area contributed by atoms with Gasteiger partial charge in [-0.05, 0) is 82.4 Å². The first-order valence-electron chi connectivity index (χ1n) is 19.4. The predicted octanol–water partition coefficient (Wildman–Crippen LogP) is 15.2. The van der Waals surface area contributed by atoms with Gasteiger partial charge in [0.15, 0.2) is 5.58 Å². The monoisotopic (exact) mass is 728 g/mol. The molecule has 2 heterocycles. The van der Waals surface area contributed by atoms with Gasteiger partial charge >= 0.3 is 0 Å². The summed E-state index contributed by atoms with van der Waals surface area (Å²) in [5.74, 6) is 0. The fraction of sp³-hybridized carbons (Fsp3) is 0. The number of benzene rings is 9. The lowest BCUT2D eigenvalue weighted by Gasteiger charge is -2.26. The maximum atomic E-state index is 6.62. The van der Waals surface area contributed by atoms with E-state index in [0.29, 0.717) is 0 Å². The first-order valence-corrected chi connectivity index (χ1v) is 19.4. The molecular formula is C54H36N2O. The van der Waals surface area contributed by atoms with Crippen molar-refractivity contribution in [3.8, 4) is 39.1 Å². The molecule has 0 amide bonds. The molecule has 11 rings (SSSR count). The first kappa shape index (κ1) is 32.8. The average Bonchev–Trinajstić information content (AvgIpc) is 3.84. The summed E-state index contributed by atoms with van der Waals surface area (Å²) in [6.07, 6.45) is 0. The molecule has 2 aromatic heterocycles. The molecule has 0 atom stereocenters. The van der Waals surface area contributed by atoms with Crippen molar-refractivity contribution in [2.75, 3.05) is 4.90 Å². The van der Waals surface area contributed by atoms with E-state index in [1.165, 1.54) is 44.1 Å². The van der Waals surface area contributed by atoms with Gasteiger partial charge in [0.1, 0.15) is 5.58 Å². The van der Waals surface area contributed by atoms with Gasteiger partial charge in [0.05, 0.1) is 22.4 Å². The maximum Gasteiger partial charge on any atom is 0.159 e. The molecule has 0 saturated carbocycles. The lowest BCUT2D eigenvalue weighted by molar-refractivity contribution is 0.669. The van der Waals surface area contributed by atoms with Crippen LogP contribution in [0, 0.1) is 0 Å². The Balaban J connectivity index is 1.02. The minimum Gasteiger partial charge on any atom is -0.454 e. The smallest absolute Gasteiger partial charge is 0.159 e. The Labute approximate surface area is 330 Å². The van der Waals surface area contributed by atoms with Crippen LogP contribution in [0.15, 0.2) is 223 Å². The molecule has 57 heavy (non-hydrogen) atoms. The van der Waals surface area contributed by atoms with Crippen molar-refractivity contribution >= 4 is 60.8 Å². The van der Waals surface area contributed by atoms with Crippen molar-refractivity contribution in [2.24, 2.45) is 0 Å². The normalized spacial score (nSPS) is 11.5. The summed E-state index contributed by atoms with van der Waals surface area (Å²) < 4.78 is 9.03. The predicted molar refractivity (Wildman–Crippen MR) is 239 cm³/mol. The van der Waals surface area contributed by atoms with Gasteiger partial charge in [0.2, 0.25) is 0 Å². The number of fused-ring (bicyclic) bond motifs is 6. The molecule has 11 aromatic rings. The van der Waals surface area contributed by atoms with E-state index in [-0.39, 0.29) is 0 Å². The van der Waals surface area contributed by atoms with Gasteiger partial charge in [-0.3, -0.25) is 0 Å². The lowest BCUT2D eigenvalue weighted by Crippen LogP contribution is -2.10. The van der Waals surface area contributed by atoms with Crippen LogP contribution >= 0.6 is 0 Å². The zero-order chi connectivity index (χ0) is 37.7. The Morgan fingerprint density at radius 3 is 1.46 bits per heavy atom. The maximum absolute atomic E-state index is 6.62. The van der Waals surface area contributed by atoms with Gasteiger partial charge < -0.3 is 13.9 Å². The third kappa shape index (κ3) is 5.60. The third-order valence-corrected chi connectivity index (χ3v) is 11.2. The quantitative estimate of drug-likeness (QED) is 0.163. The van der Waals surface area contributed by atoms with Crippen molar-refractivity contribution in [1.82, 2.24) is 4.57 Å². The van der Waals surface area contributed by atoms with Gasteiger partial charge in [-0.25, -0.2) is 0 Å². The van der Waals surface area contributed by atoms with Crippen molar-refractivity contribution in [3.05, 3.63) is 218 Å². The Morgan fingerprint density at radius 2 is 0.807 bits per heavy atom. The molecule has 0 fully saturated rings. The molecule has 0 aliphatic rings. The van der Waals surface area contributed by atoms with Crippen molar-refractivity contribution < 1.29 is 4.42 Å². The summed E-state index contributed by atoms with van der Waals surface area (Å²) >= 11 is 0. The number of hydrogen-bond acceptors (Lipinski definition) is 2. The zero-order valence-electron chi connectivity index (χ0n) is 31.1. The van der Waals surface area contributed by atoms with Crippen LogP contribution in [-0.4, -0.2) is 4.57 Å². The van der Waals surface area contributed by atoms with Crippen LogP contribution in [0.5, 0.6) is 0 Å². The third-order valence-electron chi connectivity index (χ3n) is 11.2. The molecule has 0 bridgehead atoms. The second-order valence-electron chi connectivity index (χ2n) is 14.5. The number of anilines is 3. The minimum atomic E-state index is 0.861. The molecule has 3 nitrogen and oxygen atoms in total. The van der Waals surface area contributed by atoms with Crippen LogP contribution in [0.2, 0.25) is 0 Å². The van der Waals surface area contributed by atoms with E-state index in [4.69, 9.17) is 4.42 Å². The largest absolute Gasteiger partial charge is 0.454 e. The fourth-order valence-electron chi connectivity index (χ4n) is 8.51. The topological polar surface area (TPSA) is 21.3 Å². The molecule has 0 aliphatic heterocycles. The van der Waals surface area contributed by atoms with Crippen LogP contribution in [0.3, 0.4) is 0 Å². The number of aromatic nitrogens is 1. The number of nitrogens with zero attached hydrogens (tertiary/aromatic N) is 2. The molecule has 0 aliphatic carbocycles. The van der Waals surface area contributed by atoms with Gasteiger partial charge in [0.25, 0.3) is 0 Å². The molecule has 0 N–H and O–H groups in total. The molecule has 268 valence electrons. The van der Waals surface area contributed by atoms with Gasteiger partial charge in [-0.1, -0.05) is 164 Å². The average molecular weight is 729 g/mol. The highest BCUT2D eigenvalue weighted by atomic mass is 16.3. The van der Waals surface area contributed by atoms with Crippen molar-refractivity contribution in [3.63, 3.8) is 0 Å². The second-order valence-corrected chi connectivity index (χ2v) is 14.5. The Morgan fingerprint density at radius 1 is 0.333 bits per heavy atom. The Hall–Kier alpha value is -7.62. The molecule has 0 saturated heterocycles. The second kappa shape index (κ2) is 13.6. The summed E-state index contributed by atoms with van der Waals surface area (Å²) in [6.45, 7) is 0. The van der Waals surface area contributed by atoms with Crippen LogP contribution in [0.1, 0.15) is 0 Å². The van der Waals surface area contributed by atoms with Gasteiger partial charge in [-0.15, -0.1) is 0 Å². The van der Waals surface area contributed by atoms with Gasteiger partial charge in [-0.2, -0.15) is 0 Å². The number of para-hydroxylation sites is 5. The molecule has 0 unspecified atom stereocenters. The van der Waals surface area contributed by atoms with E-state index in [1.807, 2.05) is 12.1 Å². The van der Waals surface area contributed by atoms with Crippen molar-refractivity contribution in [2.45, 2.75) is 0 Å². The van der Waals surface area contributed by atoms with E-state index in [9.17, 15) is 0 Å². The summed E-state index contributed by atoms with van der Waals surface area (Å²) in [5.41, 5.74) is 15.5. The minimum absolute atomic E-state index is 0.861. The standard InChI is InChI=1S/C54H36N2O/c1-2-13-37(14-3-1)38-25-27-39(28-26-38)40-29-33-42(34-30-40)55(52-23-12-19-48-47-18-7-11-24-53(47)57-54(48)52)43-35-31-41(32-36-43)44-15-4-8-20-49(44)56-50-21-9-5-16-45(50)46-17-6-10-22-51(46)56/h1-36H. The van der Waals surface area contributed by atoms with Crippen LogP contribution < -0.4 is 4.90 Å². The molecule has 0 spiro atoms. The fourth-order valence-corrected chi connectivity index (χ4v) is 8.51. The summed E-state index contributed by atoms with van der Waals surface area (Å²) in [5, 5.41) is 4.72. The van der Waals surface area contributed by atoms with E-state index >= 15 is 0 Å². The number of furan rings is 1. The number of hydrogen-bond donors (Lipinski definition) is 0. The highest BCUT2D eigenvalue weighted by Gasteiger charge is 2.20.